The molecule has 2 N–H and O–H groups in total. The van der Waals surface area contributed by atoms with Crippen LogP contribution in [0.4, 0.5) is 0 Å². The maximum absolute atomic E-state index is 4.37. The van der Waals surface area contributed by atoms with Crippen LogP contribution < -0.4 is 10.6 Å². The van der Waals surface area contributed by atoms with Gasteiger partial charge < -0.3 is 10.6 Å². The molecule has 0 bridgehead atoms. The lowest BCUT2D eigenvalue weighted by molar-refractivity contribution is 0.291. The van der Waals surface area contributed by atoms with Gasteiger partial charge in [0.25, 0.3) is 0 Å². The van der Waals surface area contributed by atoms with Crippen LogP contribution in [0, 0.1) is 0 Å². The average molecular weight is 547 g/mol. The SMILES string of the molecule is CN=C(NCc1ncnn1C)NCC1(c2cccc(Br)c2)CCCCC1.I. The topological polar surface area (TPSA) is 67.1 Å². The first-order chi connectivity index (χ1) is 12.6. The second kappa shape index (κ2) is 10.4. The van der Waals surface area contributed by atoms with Crippen LogP contribution in [-0.2, 0) is 19.0 Å². The molecule has 1 fully saturated rings. The summed E-state index contributed by atoms with van der Waals surface area (Å²) in [6.45, 7) is 1.47. The Morgan fingerprint density at radius 1 is 1.26 bits per heavy atom. The Bertz CT molecular complexity index is 754. The molecule has 1 heterocycles. The van der Waals surface area contributed by atoms with E-state index < -0.39 is 0 Å². The molecule has 6 nitrogen and oxygen atoms in total. The zero-order valence-corrected chi connectivity index (χ0v) is 19.8. The Labute approximate surface area is 186 Å². The Morgan fingerprint density at radius 2 is 2.04 bits per heavy atom. The molecule has 0 unspecified atom stereocenters. The minimum Gasteiger partial charge on any atom is -0.356 e. The monoisotopic (exact) mass is 546 g/mol. The minimum absolute atomic E-state index is 0. The van der Waals surface area contributed by atoms with Crippen LogP contribution in [0.2, 0.25) is 0 Å². The van der Waals surface area contributed by atoms with E-state index in [-0.39, 0.29) is 29.4 Å². The standard InChI is InChI=1S/C19H27BrN6.HI/c1-21-18(22-12-17-24-14-25-26(17)2)23-13-19(9-4-3-5-10-19)15-7-6-8-16(20)11-15;/h6-8,11,14H,3-5,9-10,12-13H2,1-2H3,(H2,21,22,23);1H. The molecule has 0 saturated heterocycles. The Morgan fingerprint density at radius 3 is 2.67 bits per heavy atom. The second-order valence-electron chi connectivity index (χ2n) is 6.93. The number of aromatic nitrogens is 3. The molecule has 0 radical (unpaired) electrons. The quantitative estimate of drug-likeness (QED) is 0.340. The first kappa shape index (κ1) is 22.1. The van der Waals surface area contributed by atoms with Gasteiger partial charge in [0.05, 0.1) is 6.54 Å². The molecule has 0 aliphatic heterocycles. The highest BCUT2D eigenvalue weighted by atomic mass is 127. The number of benzene rings is 1. The van der Waals surface area contributed by atoms with Gasteiger partial charge in [-0.2, -0.15) is 5.10 Å². The molecule has 0 amide bonds. The van der Waals surface area contributed by atoms with Gasteiger partial charge in [-0.3, -0.25) is 9.67 Å². The highest BCUT2D eigenvalue weighted by Crippen LogP contribution is 2.39. The number of nitrogens with zero attached hydrogens (tertiary/aromatic N) is 4. The highest BCUT2D eigenvalue weighted by Gasteiger charge is 2.34. The molecule has 3 rings (SSSR count). The second-order valence-corrected chi connectivity index (χ2v) is 7.85. The summed E-state index contributed by atoms with van der Waals surface area (Å²) in [5.41, 5.74) is 1.56. The van der Waals surface area contributed by atoms with Crippen LogP contribution in [0.1, 0.15) is 43.5 Å². The van der Waals surface area contributed by atoms with E-state index >= 15 is 0 Å². The third-order valence-corrected chi connectivity index (χ3v) is 5.78. The van der Waals surface area contributed by atoms with Gasteiger partial charge in [-0.15, -0.1) is 24.0 Å². The summed E-state index contributed by atoms with van der Waals surface area (Å²) in [5, 5.41) is 11.0. The summed E-state index contributed by atoms with van der Waals surface area (Å²) >= 11 is 3.63. The van der Waals surface area contributed by atoms with Crippen molar-refractivity contribution in [2.45, 2.75) is 44.1 Å². The number of rotatable bonds is 5. The molecule has 1 aromatic heterocycles. The normalized spacial score (nSPS) is 16.5. The summed E-state index contributed by atoms with van der Waals surface area (Å²) in [5.74, 6) is 1.68. The summed E-state index contributed by atoms with van der Waals surface area (Å²) in [6, 6.07) is 8.75. The molecule has 1 saturated carbocycles. The number of aryl methyl sites for hydroxylation is 1. The third-order valence-electron chi connectivity index (χ3n) is 5.28. The Balaban J connectivity index is 0.00000261. The van der Waals surface area contributed by atoms with Gasteiger partial charge in [-0.05, 0) is 30.5 Å². The van der Waals surface area contributed by atoms with E-state index in [0.29, 0.717) is 6.54 Å². The van der Waals surface area contributed by atoms with Crippen LogP contribution >= 0.6 is 39.9 Å². The summed E-state index contributed by atoms with van der Waals surface area (Å²) in [4.78, 5) is 8.62. The lowest BCUT2D eigenvalue weighted by Gasteiger charge is -2.38. The zero-order valence-electron chi connectivity index (χ0n) is 15.9. The molecule has 0 atom stereocenters. The fraction of sp³-hybridized carbons (Fsp3) is 0.526. The van der Waals surface area contributed by atoms with Crippen LogP contribution in [0.25, 0.3) is 0 Å². The Hall–Kier alpha value is -1.16. The number of halogens is 2. The van der Waals surface area contributed by atoms with Gasteiger partial charge in [0.2, 0.25) is 0 Å². The summed E-state index contributed by atoms with van der Waals surface area (Å²) in [6.07, 6.45) is 7.86. The zero-order chi connectivity index (χ0) is 18.4. The van der Waals surface area contributed by atoms with E-state index in [1.807, 2.05) is 7.05 Å². The maximum Gasteiger partial charge on any atom is 0.191 e. The number of nitrogens with one attached hydrogen (secondary N) is 2. The van der Waals surface area contributed by atoms with E-state index in [0.717, 1.165) is 22.8 Å². The van der Waals surface area contributed by atoms with E-state index in [1.165, 1.54) is 37.7 Å². The fourth-order valence-corrected chi connectivity index (χ4v) is 4.13. The molecule has 1 aromatic carbocycles. The van der Waals surface area contributed by atoms with E-state index in [4.69, 9.17) is 0 Å². The largest absolute Gasteiger partial charge is 0.356 e. The van der Waals surface area contributed by atoms with Crippen molar-refractivity contribution in [2.75, 3.05) is 13.6 Å². The molecular weight excluding hydrogens is 519 g/mol. The molecule has 148 valence electrons. The Kier molecular flexibility index (Phi) is 8.53. The van der Waals surface area contributed by atoms with Crippen molar-refractivity contribution in [1.29, 1.82) is 0 Å². The van der Waals surface area contributed by atoms with Gasteiger partial charge >= 0.3 is 0 Å². The van der Waals surface area contributed by atoms with Crippen molar-refractivity contribution in [2.24, 2.45) is 12.0 Å². The molecular formula is C19H28BrIN6. The lowest BCUT2D eigenvalue weighted by atomic mass is 9.69. The molecule has 27 heavy (non-hydrogen) atoms. The van der Waals surface area contributed by atoms with Crippen molar-refractivity contribution >= 4 is 45.9 Å². The van der Waals surface area contributed by atoms with Gasteiger partial charge in [0.1, 0.15) is 12.2 Å². The highest BCUT2D eigenvalue weighted by molar-refractivity contribution is 14.0. The summed E-state index contributed by atoms with van der Waals surface area (Å²) in [7, 11) is 3.70. The fourth-order valence-electron chi connectivity index (χ4n) is 3.73. The van der Waals surface area contributed by atoms with Gasteiger partial charge in [0, 0.05) is 30.5 Å². The molecule has 2 aromatic rings. The number of aliphatic imine (C=N–C) groups is 1. The molecule has 1 aliphatic rings. The van der Waals surface area contributed by atoms with Crippen molar-refractivity contribution in [3.63, 3.8) is 0 Å². The predicted molar refractivity (Wildman–Crippen MR) is 124 cm³/mol. The smallest absolute Gasteiger partial charge is 0.191 e. The third kappa shape index (κ3) is 5.66. The first-order valence-corrected chi connectivity index (χ1v) is 9.96. The van der Waals surface area contributed by atoms with Crippen molar-refractivity contribution < 1.29 is 0 Å². The number of hydrogen-bond donors (Lipinski definition) is 2. The number of hydrogen-bond acceptors (Lipinski definition) is 3. The van der Waals surface area contributed by atoms with Crippen LogP contribution in [0.3, 0.4) is 0 Å². The molecule has 1 aliphatic carbocycles. The van der Waals surface area contributed by atoms with Gasteiger partial charge in [0.15, 0.2) is 5.96 Å². The van der Waals surface area contributed by atoms with Gasteiger partial charge in [-0.25, -0.2) is 4.98 Å². The first-order valence-electron chi connectivity index (χ1n) is 9.16. The van der Waals surface area contributed by atoms with E-state index in [1.54, 1.807) is 18.1 Å². The van der Waals surface area contributed by atoms with Gasteiger partial charge in [-0.1, -0.05) is 47.3 Å². The van der Waals surface area contributed by atoms with Crippen molar-refractivity contribution in [3.05, 3.63) is 46.5 Å². The summed E-state index contributed by atoms with van der Waals surface area (Å²) < 4.78 is 2.91. The van der Waals surface area contributed by atoms with E-state index in [2.05, 4.69) is 65.9 Å². The lowest BCUT2D eigenvalue weighted by Crippen LogP contribution is -2.46. The van der Waals surface area contributed by atoms with Crippen molar-refractivity contribution in [3.8, 4) is 0 Å². The maximum atomic E-state index is 4.37. The predicted octanol–water partition coefficient (Wildman–Crippen LogP) is 3.76. The van der Waals surface area contributed by atoms with Crippen molar-refractivity contribution in [1.82, 2.24) is 25.4 Å². The number of guanidine groups is 1. The van der Waals surface area contributed by atoms with Crippen LogP contribution in [0.15, 0.2) is 40.1 Å². The molecule has 0 spiro atoms. The van der Waals surface area contributed by atoms with E-state index in [9.17, 15) is 0 Å². The minimum atomic E-state index is 0. The average Bonchev–Trinajstić information content (AvgIpc) is 3.07. The van der Waals surface area contributed by atoms with Crippen LogP contribution in [0.5, 0.6) is 0 Å². The van der Waals surface area contributed by atoms with Crippen LogP contribution in [-0.4, -0.2) is 34.3 Å². The molecule has 8 heteroatoms.